The largest absolute Gasteiger partial charge is 0.448 e. The van der Waals surface area contributed by atoms with E-state index in [9.17, 15) is 26.4 Å². The van der Waals surface area contributed by atoms with Crippen molar-refractivity contribution in [1.29, 1.82) is 0 Å². The molecule has 1 unspecified atom stereocenters. The number of carbonyl (C=O) groups excluding carboxylic acids is 1. The number of benzene rings is 2. The topological polar surface area (TPSA) is 80.7 Å². The maximum Gasteiger partial charge on any atom is 0.426 e. The third kappa shape index (κ3) is 4.67. The van der Waals surface area contributed by atoms with Gasteiger partial charge in [-0.25, -0.2) is 4.79 Å². The summed E-state index contributed by atoms with van der Waals surface area (Å²) in [6.07, 6.45) is -8.07. The van der Waals surface area contributed by atoms with Gasteiger partial charge in [-0.1, -0.05) is 30.3 Å². The van der Waals surface area contributed by atoms with Gasteiger partial charge in [0.25, 0.3) is 10.1 Å². The lowest BCUT2D eigenvalue weighted by atomic mass is 10.1. The van der Waals surface area contributed by atoms with Gasteiger partial charge in [-0.15, -0.1) is 0 Å². The second-order valence-electron chi connectivity index (χ2n) is 4.75. The van der Waals surface area contributed by atoms with E-state index < -0.39 is 34.1 Å². The Balaban J connectivity index is 2.26. The fourth-order valence-corrected chi connectivity index (χ4v) is 2.54. The summed E-state index contributed by atoms with van der Waals surface area (Å²) in [6, 6.07) is 11.0. The van der Waals surface area contributed by atoms with E-state index in [1.54, 1.807) is 24.3 Å². The van der Waals surface area contributed by atoms with E-state index in [1.807, 2.05) is 0 Å². The maximum atomic E-state index is 12.7. The Kier molecular flexibility index (Phi) is 4.62. The van der Waals surface area contributed by atoms with Crippen molar-refractivity contribution in [3.63, 3.8) is 0 Å². The smallest absolute Gasteiger partial charge is 0.426 e. The number of hydrogen-bond acceptors (Lipinski definition) is 4. The lowest BCUT2D eigenvalue weighted by Crippen LogP contribution is -2.39. The highest BCUT2D eigenvalue weighted by atomic mass is 32.2. The molecule has 23 heavy (non-hydrogen) atoms. The number of alkyl halides is 3. The van der Waals surface area contributed by atoms with E-state index in [-0.39, 0.29) is 5.56 Å². The molecular formula is C14H11F3O5S. The van der Waals surface area contributed by atoms with Crippen molar-refractivity contribution in [3.05, 3.63) is 48.0 Å². The molecule has 0 aliphatic rings. The van der Waals surface area contributed by atoms with Crippen LogP contribution in [0.25, 0.3) is 10.8 Å². The molecule has 0 aliphatic heterocycles. The predicted octanol–water partition coefficient (Wildman–Crippen LogP) is 2.82. The molecule has 2 aromatic carbocycles. The first-order valence-corrected chi connectivity index (χ1v) is 7.89. The van der Waals surface area contributed by atoms with Crippen molar-refractivity contribution >= 4 is 26.9 Å². The zero-order valence-corrected chi connectivity index (χ0v) is 12.3. The number of hydrogen-bond donors (Lipinski definition) is 1. The zero-order valence-electron chi connectivity index (χ0n) is 11.4. The first-order valence-electron chi connectivity index (χ1n) is 6.28. The van der Waals surface area contributed by atoms with E-state index in [4.69, 9.17) is 4.55 Å². The minimum atomic E-state index is -5.12. The highest BCUT2D eigenvalue weighted by Crippen LogP contribution is 2.25. The van der Waals surface area contributed by atoms with Gasteiger partial charge < -0.3 is 4.74 Å². The zero-order chi connectivity index (χ0) is 17.3. The van der Waals surface area contributed by atoms with Crippen LogP contribution < -0.4 is 0 Å². The lowest BCUT2D eigenvalue weighted by molar-refractivity contribution is -0.197. The van der Waals surface area contributed by atoms with Gasteiger partial charge in [-0.05, 0) is 22.9 Å². The summed E-state index contributed by atoms with van der Waals surface area (Å²) in [5, 5.41) is 1.38. The standard InChI is InChI=1S/C14H11F3O5S/c15-14(16,17)12(8-23(19,20)21)22-13(18)11-6-5-9-3-1-2-4-10(9)7-11/h1-7,12H,8H2,(H,19,20,21). The molecule has 0 aliphatic carbocycles. The summed E-state index contributed by atoms with van der Waals surface area (Å²) in [4.78, 5) is 11.8. The second-order valence-corrected chi connectivity index (χ2v) is 6.24. The van der Waals surface area contributed by atoms with Crippen LogP contribution in [0, 0.1) is 0 Å². The van der Waals surface area contributed by atoms with Gasteiger partial charge in [0, 0.05) is 0 Å². The van der Waals surface area contributed by atoms with Gasteiger partial charge in [-0.2, -0.15) is 21.6 Å². The average molecular weight is 348 g/mol. The molecule has 0 bridgehead atoms. The molecule has 0 amide bonds. The molecule has 124 valence electrons. The Morgan fingerprint density at radius 1 is 1.13 bits per heavy atom. The number of esters is 1. The third-order valence-electron chi connectivity index (χ3n) is 2.96. The fraction of sp³-hybridized carbons (Fsp3) is 0.214. The van der Waals surface area contributed by atoms with E-state index in [1.165, 1.54) is 18.2 Å². The molecule has 2 rings (SSSR count). The molecule has 0 saturated heterocycles. The van der Waals surface area contributed by atoms with Crippen LogP contribution in [0.2, 0.25) is 0 Å². The molecule has 1 atom stereocenters. The van der Waals surface area contributed by atoms with Crippen LogP contribution >= 0.6 is 0 Å². The van der Waals surface area contributed by atoms with E-state index in [2.05, 4.69) is 4.74 Å². The maximum absolute atomic E-state index is 12.7. The summed E-state index contributed by atoms with van der Waals surface area (Å²) in [5.41, 5.74) is -0.159. The minimum Gasteiger partial charge on any atom is -0.448 e. The average Bonchev–Trinajstić information content (AvgIpc) is 2.43. The molecule has 2 aromatic rings. The SMILES string of the molecule is O=C(OC(CS(=O)(=O)O)C(F)(F)F)c1ccc2ccccc2c1. The van der Waals surface area contributed by atoms with Crippen LogP contribution in [0.4, 0.5) is 13.2 Å². The van der Waals surface area contributed by atoms with Crippen LogP contribution in [0.15, 0.2) is 42.5 Å². The molecule has 0 radical (unpaired) electrons. The Morgan fingerprint density at radius 2 is 1.74 bits per heavy atom. The molecule has 0 aromatic heterocycles. The summed E-state index contributed by atoms with van der Waals surface area (Å²) >= 11 is 0. The van der Waals surface area contributed by atoms with Crippen molar-refractivity contribution < 1.29 is 35.7 Å². The van der Waals surface area contributed by atoms with Crippen LogP contribution in [0.5, 0.6) is 0 Å². The fourth-order valence-electron chi connectivity index (χ4n) is 1.90. The first-order chi connectivity index (χ1) is 10.6. The molecular weight excluding hydrogens is 337 g/mol. The van der Waals surface area contributed by atoms with Crippen LogP contribution in [-0.4, -0.2) is 37.0 Å². The molecule has 0 saturated carbocycles. The Morgan fingerprint density at radius 3 is 2.30 bits per heavy atom. The number of fused-ring (bicyclic) bond motifs is 1. The van der Waals surface area contributed by atoms with Crippen molar-refractivity contribution in [2.24, 2.45) is 0 Å². The monoisotopic (exact) mass is 348 g/mol. The highest BCUT2D eigenvalue weighted by molar-refractivity contribution is 7.85. The van der Waals surface area contributed by atoms with E-state index in [0.717, 1.165) is 5.39 Å². The predicted molar refractivity (Wildman–Crippen MR) is 75.6 cm³/mol. The first kappa shape index (κ1) is 17.2. The van der Waals surface area contributed by atoms with Gasteiger partial charge in [0.05, 0.1) is 5.56 Å². The second kappa shape index (κ2) is 6.17. The lowest BCUT2D eigenvalue weighted by Gasteiger charge is -2.19. The Hall–Kier alpha value is -2.13. The summed E-state index contributed by atoms with van der Waals surface area (Å²) < 4.78 is 72.3. The molecule has 9 heteroatoms. The van der Waals surface area contributed by atoms with Crippen LogP contribution in [0.1, 0.15) is 10.4 Å². The normalized spacial score (nSPS) is 13.7. The molecule has 0 spiro atoms. The van der Waals surface area contributed by atoms with Crippen molar-refractivity contribution in [2.45, 2.75) is 12.3 Å². The summed E-state index contributed by atoms with van der Waals surface area (Å²) in [6.45, 7) is 0. The summed E-state index contributed by atoms with van der Waals surface area (Å²) in [5.74, 6) is -3.09. The van der Waals surface area contributed by atoms with Crippen molar-refractivity contribution in [3.8, 4) is 0 Å². The Labute approximate surface area is 129 Å². The third-order valence-corrected chi connectivity index (χ3v) is 3.69. The Bertz CT molecular complexity index is 830. The molecule has 0 fully saturated rings. The number of carbonyl (C=O) groups is 1. The molecule has 0 heterocycles. The number of halogens is 3. The van der Waals surface area contributed by atoms with Crippen LogP contribution in [0.3, 0.4) is 0 Å². The molecule has 5 nitrogen and oxygen atoms in total. The van der Waals surface area contributed by atoms with Gasteiger partial charge in [0.2, 0.25) is 6.10 Å². The quantitative estimate of drug-likeness (QED) is 0.679. The van der Waals surface area contributed by atoms with Gasteiger partial charge >= 0.3 is 12.1 Å². The van der Waals surface area contributed by atoms with Crippen molar-refractivity contribution in [2.75, 3.05) is 5.75 Å². The van der Waals surface area contributed by atoms with E-state index >= 15 is 0 Å². The highest BCUT2D eigenvalue weighted by Gasteiger charge is 2.45. The minimum absolute atomic E-state index is 0.159. The summed E-state index contributed by atoms with van der Waals surface area (Å²) in [7, 11) is -4.97. The van der Waals surface area contributed by atoms with E-state index in [0.29, 0.717) is 5.39 Å². The van der Waals surface area contributed by atoms with Crippen LogP contribution in [-0.2, 0) is 14.9 Å². The van der Waals surface area contributed by atoms with Gasteiger partial charge in [-0.3, -0.25) is 4.55 Å². The van der Waals surface area contributed by atoms with Gasteiger partial charge in [0.15, 0.2) is 0 Å². The number of ether oxygens (including phenoxy) is 1. The molecule has 1 N–H and O–H groups in total. The van der Waals surface area contributed by atoms with Gasteiger partial charge in [0.1, 0.15) is 5.75 Å². The van der Waals surface area contributed by atoms with Crippen molar-refractivity contribution in [1.82, 2.24) is 0 Å². The number of rotatable bonds is 4.